The Hall–Kier alpha value is -0.820. The first kappa shape index (κ1) is 12.6. The van der Waals surface area contributed by atoms with E-state index in [4.69, 9.17) is 22.4 Å². The third-order valence-corrected chi connectivity index (χ3v) is 4.53. The molecule has 0 radical (unpaired) electrons. The van der Waals surface area contributed by atoms with Crippen LogP contribution in [-0.4, -0.2) is 25.7 Å². The molecule has 0 heterocycles. The van der Waals surface area contributed by atoms with Crippen molar-refractivity contribution in [2.45, 2.75) is 29.9 Å². The number of nitrogens with one attached hydrogen (secondary N) is 1. The summed E-state index contributed by atoms with van der Waals surface area (Å²) in [5, 5.41) is 9.49. The van der Waals surface area contributed by atoms with E-state index >= 15 is 0 Å². The Kier molecular flexibility index (Phi) is 3.31. The van der Waals surface area contributed by atoms with Crippen molar-refractivity contribution >= 4 is 27.3 Å². The molecule has 7 heteroatoms. The van der Waals surface area contributed by atoms with Crippen LogP contribution in [0.15, 0.2) is 23.1 Å². The number of sulfonamides is 1. The summed E-state index contributed by atoms with van der Waals surface area (Å²) in [5.74, 6) is 0. The van der Waals surface area contributed by atoms with Gasteiger partial charge in [-0.05, 0) is 31.0 Å². The van der Waals surface area contributed by atoms with Gasteiger partial charge in [0, 0.05) is 11.1 Å². The zero-order valence-corrected chi connectivity index (χ0v) is 10.5. The third kappa shape index (κ3) is 2.71. The highest BCUT2D eigenvalue weighted by Crippen LogP contribution is 2.25. The van der Waals surface area contributed by atoms with E-state index in [-0.39, 0.29) is 16.6 Å². The van der Waals surface area contributed by atoms with Crippen LogP contribution in [0.2, 0.25) is 5.02 Å². The van der Waals surface area contributed by atoms with Crippen LogP contribution in [0.5, 0.6) is 0 Å². The Balaban J connectivity index is 2.20. The molecule has 0 spiro atoms. The van der Waals surface area contributed by atoms with Gasteiger partial charge in [0.25, 0.3) is 0 Å². The van der Waals surface area contributed by atoms with Gasteiger partial charge < -0.3 is 10.8 Å². The number of halogens is 1. The summed E-state index contributed by atoms with van der Waals surface area (Å²) in [7, 11) is -3.64. The number of nitrogens with two attached hydrogens (primary N) is 1. The highest BCUT2D eigenvalue weighted by molar-refractivity contribution is 7.89. The maximum atomic E-state index is 12.0. The van der Waals surface area contributed by atoms with Gasteiger partial charge in [0.15, 0.2) is 0 Å². The van der Waals surface area contributed by atoms with Crippen LogP contribution < -0.4 is 10.5 Å². The van der Waals surface area contributed by atoms with E-state index in [1.807, 2.05) is 0 Å². The van der Waals surface area contributed by atoms with Gasteiger partial charge in [0.1, 0.15) is 4.90 Å². The average Bonchev–Trinajstić information content (AvgIpc) is 2.14. The molecule has 4 N–H and O–H groups in total. The summed E-state index contributed by atoms with van der Waals surface area (Å²) < 4.78 is 26.4. The number of hydrogen-bond donors (Lipinski definition) is 3. The molecule has 0 bridgehead atoms. The second-order valence-corrected chi connectivity index (χ2v) is 6.24. The molecule has 1 aliphatic carbocycles. The van der Waals surface area contributed by atoms with Crippen LogP contribution in [0, 0.1) is 0 Å². The summed E-state index contributed by atoms with van der Waals surface area (Å²) in [4.78, 5) is 0.0169. The van der Waals surface area contributed by atoms with Crippen molar-refractivity contribution < 1.29 is 13.5 Å². The molecule has 1 fully saturated rings. The van der Waals surface area contributed by atoms with E-state index in [0.717, 1.165) is 0 Å². The van der Waals surface area contributed by atoms with Crippen molar-refractivity contribution in [3.05, 3.63) is 23.2 Å². The van der Waals surface area contributed by atoms with Gasteiger partial charge in [0.2, 0.25) is 10.0 Å². The highest BCUT2D eigenvalue weighted by atomic mass is 35.5. The van der Waals surface area contributed by atoms with Crippen molar-refractivity contribution in [3.8, 4) is 0 Å². The molecule has 17 heavy (non-hydrogen) atoms. The largest absolute Gasteiger partial charge is 0.398 e. The Bertz CT molecular complexity index is 526. The fourth-order valence-corrected chi connectivity index (χ4v) is 3.29. The number of nitrogen functional groups attached to an aromatic ring is 1. The fourth-order valence-electron chi connectivity index (χ4n) is 1.73. The van der Waals surface area contributed by atoms with E-state index in [1.165, 1.54) is 18.2 Å². The lowest BCUT2D eigenvalue weighted by Gasteiger charge is -2.31. The average molecular weight is 277 g/mol. The summed E-state index contributed by atoms with van der Waals surface area (Å²) in [6, 6.07) is 4.02. The monoisotopic (exact) mass is 276 g/mol. The van der Waals surface area contributed by atoms with Gasteiger partial charge in [-0.25, -0.2) is 13.1 Å². The Morgan fingerprint density at radius 3 is 2.59 bits per heavy atom. The first-order valence-corrected chi connectivity index (χ1v) is 7.00. The number of anilines is 1. The predicted molar refractivity (Wildman–Crippen MR) is 65.2 cm³/mol. The number of aliphatic hydroxyl groups is 1. The van der Waals surface area contributed by atoms with Crippen molar-refractivity contribution in [1.82, 2.24) is 4.72 Å². The molecule has 0 atom stereocenters. The molecule has 2 rings (SSSR count). The van der Waals surface area contributed by atoms with E-state index in [2.05, 4.69) is 4.72 Å². The molecule has 1 aromatic carbocycles. The Labute approximate surface area is 105 Å². The molecule has 1 aromatic rings. The van der Waals surface area contributed by atoms with Gasteiger partial charge in [-0.1, -0.05) is 11.6 Å². The second-order valence-electron chi connectivity index (χ2n) is 4.13. The topological polar surface area (TPSA) is 92.4 Å². The van der Waals surface area contributed by atoms with Gasteiger partial charge in [0.05, 0.1) is 11.8 Å². The predicted octanol–water partition coefficient (Wildman–Crippen LogP) is 0.724. The minimum absolute atomic E-state index is 0.0169. The number of benzene rings is 1. The first-order valence-electron chi connectivity index (χ1n) is 5.14. The van der Waals surface area contributed by atoms with Crippen molar-refractivity contribution in [3.63, 3.8) is 0 Å². The number of rotatable bonds is 3. The quantitative estimate of drug-likeness (QED) is 0.710. The van der Waals surface area contributed by atoms with E-state index in [9.17, 15) is 8.42 Å². The van der Waals surface area contributed by atoms with Crippen molar-refractivity contribution in [2.24, 2.45) is 0 Å². The van der Waals surface area contributed by atoms with Crippen molar-refractivity contribution in [2.75, 3.05) is 5.73 Å². The SMILES string of the molecule is Nc1cc(Cl)ccc1S(=O)(=O)NC1CC(O)C1. The molecule has 0 saturated heterocycles. The summed E-state index contributed by atoms with van der Waals surface area (Å²) in [6.07, 6.45) is 0.463. The maximum absolute atomic E-state index is 12.0. The summed E-state index contributed by atoms with van der Waals surface area (Å²) >= 11 is 5.70. The minimum atomic E-state index is -3.64. The van der Waals surface area contributed by atoms with Crippen LogP contribution >= 0.6 is 11.6 Å². The van der Waals surface area contributed by atoms with Gasteiger partial charge >= 0.3 is 0 Å². The lowest BCUT2D eigenvalue weighted by atomic mass is 9.91. The zero-order valence-electron chi connectivity index (χ0n) is 8.93. The number of hydrogen-bond acceptors (Lipinski definition) is 4. The standard InChI is InChI=1S/C10H13ClN2O3S/c11-6-1-2-10(9(12)3-6)17(15,16)13-7-4-8(14)5-7/h1-3,7-8,13-14H,4-5,12H2. The molecule has 0 aliphatic heterocycles. The molecule has 1 aliphatic rings. The normalized spacial score (nSPS) is 24.4. The Morgan fingerprint density at radius 2 is 2.06 bits per heavy atom. The molecular weight excluding hydrogens is 264 g/mol. The van der Waals surface area contributed by atoms with E-state index in [0.29, 0.717) is 17.9 Å². The van der Waals surface area contributed by atoms with E-state index in [1.54, 1.807) is 0 Å². The maximum Gasteiger partial charge on any atom is 0.242 e. The van der Waals surface area contributed by atoms with Crippen LogP contribution in [-0.2, 0) is 10.0 Å². The van der Waals surface area contributed by atoms with Crippen LogP contribution in [0.1, 0.15) is 12.8 Å². The van der Waals surface area contributed by atoms with Crippen LogP contribution in [0.4, 0.5) is 5.69 Å². The summed E-state index contributed by atoms with van der Waals surface area (Å²) in [5.41, 5.74) is 5.73. The van der Waals surface area contributed by atoms with Crippen LogP contribution in [0.3, 0.4) is 0 Å². The van der Waals surface area contributed by atoms with Gasteiger partial charge in [-0.3, -0.25) is 0 Å². The molecule has 1 saturated carbocycles. The van der Waals surface area contributed by atoms with Gasteiger partial charge in [-0.15, -0.1) is 0 Å². The lowest BCUT2D eigenvalue weighted by Crippen LogP contribution is -2.46. The smallest absolute Gasteiger partial charge is 0.242 e. The van der Waals surface area contributed by atoms with E-state index < -0.39 is 16.1 Å². The van der Waals surface area contributed by atoms with Crippen LogP contribution in [0.25, 0.3) is 0 Å². The lowest BCUT2D eigenvalue weighted by molar-refractivity contribution is 0.0712. The first-order chi connectivity index (χ1) is 7.88. The molecule has 0 amide bonds. The third-order valence-electron chi connectivity index (χ3n) is 2.70. The summed E-state index contributed by atoms with van der Waals surface area (Å²) in [6.45, 7) is 0. The number of aliphatic hydroxyl groups excluding tert-OH is 1. The Morgan fingerprint density at radius 1 is 1.41 bits per heavy atom. The van der Waals surface area contributed by atoms with Crippen molar-refractivity contribution in [1.29, 1.82) is 0 Å². The molecular formula is C10H13ClN2O3S. The van der Waals surface area contributed by atoms with Gasteiger partial charge in [-0.2, -0.15) is 0 Å². The highest BCUT2D eigenvalue weighted by Gasteiger charge is 2.31. The minimum Gasteiger partial charge on any atom is -0.398 e. The molecule has 5 nitrogen and oxygen atoms in total. The molecule has 0 aromatic heterocycles. The fraction of sp³-hybridized carbons (Fsp3) is 0.400. The second kappa shape index (κ2) is 4.45. The molecule has 94 valence electrons. The molecule has 0 unspecified atom stereocenters. The zero-order chi connectivity index (χ0) is 12.6.